The Morgan fingerprint density at radius 2 is 0.965 bits per heavy atom. The molecule has 0 spiro atoms. The number of nitrogens with zero attached hydrogens (tertiary/aromatic N) is 7. The second-order valence-corrected chi connectivity index (χ2v) is 26.6. The van der Waals surface area contributed by atoms with E-state index in [-0.39, 0.29) is 61.2 Å². The van der Waals surface area contributed by atoms with Gasteiger partial charge in [0, 0.05) is 54.4 Å². The molecular weight excluding hydrogens is 1090 g/mol. The molecular formula is C63H115N11O11. The maximum Gasteiger partial charge on any atom is 0.246 e. The molecule has 0 saturated carbocycles. The monoisotopic (exact) mass is 1200 g/mol. The number of carbonyl (C=O) groups is 10. The van der Waals surface area contributed by atoms with Crippen LogP contribution in [0.15, 0.2) is 12.2 Å². The van der Waals surface area contributed by atoms with E-state index in [1.807, 2.05) is 100 Å². The Kier molecular flexibility index (Phi) is 32.1. The Balaban J connectivity index is 4.32. The summed E-state index contributed by atoms with van der Waals surface area (Å²) in [6.07, 6.45) is 3.81. The second kappa shape index (κ2) is 35.2. The molecule has 0 bridgehead atoms. The zero-order valence-corrected chi connectivity index (χ0v) is 56.7. The van der Waals surface area contributed by atoms with E-state index < -0.39 is 144 Å². The van der Waals surface area contributed by atoms with E-state index in [1.165, 1.54) is 68.7 Å². The lowest BCUT2D eigenvalue weighted by atomic mass is 9.90. The smallest absolute Gasteiger partial charge is 0.246 e. The molecule has 0 aromatic rings. The van der Waals surface area contributed by atoms with Crippen LogP contribution in [0.5, 0.6) is 0 Å². The first-order chi connectivity index (χ1) is 39.2. The van der Waals surface area contributed by atoms with Crippen LogP contribution >= 0.6 is 0 Å². The average Bonchev–Trinajstić information content (AvgIpc) is 3.62. The van der Waals surface area contributed by atoms with Gasteiger partial charge in [-0.15, -0.1) is 0 Å². The van der Waals surface area contributed by atoms with E-state index in [1.54, 1.807) is 46.7 Å². The van der Waals surface area contributed by atoms with Gasteiger partial charge in [0.1, 0.15) is 48.3 Å². The first-order valence-corrected chi connectivity index (χ1v) is 31.0. The number of hydrogen-bond donors (Lipinski definition) is 5. The third-order valence-corrected chi connectivity index (χ3v) is 16.7. The molecule has 488 valence electrons. The van der Waals surface area contributed by atoms with Crippen LogP contribution in [0.3, 0.4) is 0 Å². The molecule has 0 aromatic heterocycles. The minimum absolute atomic E-state index is 0.0578. The zero-order valence-electron chi connectivity index (χ0n) is 56.7. The predicted octanol–water partition coefficient (Wildman–Crippen LogP) is 4.13. The lowest BCUT2D eigenvalue weighted by Gasteiger charge is -2.45. The number of nitrogens with one attached hydrogen (secondary N) is 4. The van der Waals surface area contributed by atoms with Crippen LogP contribution in [0.1, 0.15) is 163 Å². The number of aliphatic hydroxyl groups is 1. The van der Waals surface area contributed by atoms with Gasteiger partial charge in [0.2, 0.25) is 59.1 Å². The summed E-state index contributed by atoms with van der Waals surface area (Å²) in [6.45, 7) is 32.3. The van der Waals surface area contributed by atoms with Gasteiger partial charge in [-0.05, 0) is 115 Å². The van der Waals surface area contributed by atoms with Crippen molar-refractivity contribution in [1.82, 2.24) is 55.6 Å². The lowest BCUT2D eigenvalue weighted by molar-refractivity contribution is -0.152. The molecule has 1 fully saturated rings. The van der Waals surface area contributed by atoms with Crippen LogP contribution in [-0.2, 0) is 47.9 Å². The van der Waals surface area contributed by atoms with Crippen molar-refractivity contribution >= 4 is 59.1 Å². The van der Waals surface area contributed by atoms with E-state index >= 15 is 9.59 Å². The van der Waals surface area contributed by atoms with E-state index in [0.717, 1.165) is 4.90 Å². The Labute approximate surface area is 511 Å². The Morgan fingerprint density at radius 3 is 1.44 bits per heavy atom. The van der Waals surface area contributed by atoms with Crippen LogP contribution < -0.4 is 21.3 Å². The molecule has 10 amide bonds. The number of carbonyl (C=O) groups excluding carboxylic acids is 10. The molecule has 22 heteroatoms. The summed E-state index contributed by atoms with van der Waals surface area (Å²) in [4.78, 5) is 155. The third kappa shape index (κ3) is 21.9. The van der Waals surface area contributed by atoms with Gasteiger partial charge < -0.3 is 55.8 Å². The molecule has 0 aliphatic carbocycles. The second-order valence-electron chi connectivity index (χ2n) is 26.6. The van der Waals surface area contributed by atoms with Crippen molar-refractivity contribution in [1.29, 1.82) is 0 Å². The molecule has 1 aliphatic rings. The SMILES string of the molecule is C/C=C/C[C@@H](C)[C@@H](O)[C@@H]1C(=O)N[C@@H](CC)C(=O)N(C)CC(=O)N(C)[C@@H](CC(C)C)C(=O)N[C@H](C(C)C)C(=O)N(C)[C@H](CC(C)C)C(=O)N[C@H](C)C(=O)N[C@@H](C)C(=O)N(C)[C@H](CC(C)C)C(=O)N(C)[C@@H](CC(C)C)C(C)N(C)[C@H](C(C)C)C(=O)N1C. The summed E-state index contributed by atoms with van der Waals surface area (Å²) in [5.74, 6) is -7.67. The fourth-order valence-electron chi connectivity index (χ4n) is 11.2. The third-order valence-electron chi connectivity index (χ3n) is 16.7. The summed E-state index contributed by atoms with van der Waals surface area (Å²) >= 11 is 0. The van der Waals surface area contributed by atoms with E-state index in [0.29, 0.717) is 12.8 Å². The van der Waals surface area contributed by atoms with Gasteiger partial charge in [-0.25, -0.2) is 0 Å². The van der Waals surface area contributed by atoms with Crippen LogP contribution in [0.4, 0.5) is 0 Å². The fourth-order valence-corrected chi connectivity index (χ4v) is 11.2. The van der Waals surface area contributed by atoms with Crippen LogP contribution in [0.25, 0.3) is 0 Å². The molecule has 0 aromatic carbocycles. The molecule has 85 heavy (non-hydrogen) atoms. The minimum atomic E-state index is -1.50. The number of allylic oxidation sites excluding steroid dienone is 2. The average molecular weight is 1200 g/mol. The highest BCUT2D eigenvalue weighted by Gasteiger charge is 2.45. The van der Waals surface area contributed by atoms with Crippen molar-refractivity contribution in [2.75, 3.05) is 55.9 Å². The van der Waals surface area contributed by atoms with Gasteiger partial charge in [0.05, 0.1) is 18.7 Å². The van der Waals surface area contributed by atoms with E-state index in [2.05, 4.69) is 21.3 Å². The fraction of sp³-hybridized carbons (Fsp3) is 0.810. The van der Waals surface area contributed by atoms with Crippen molar-refractivity contribution in [3.8, 4) is 0 Å². The summed E-state index contributed by atoms with van der Waals surface area (Å²) in [7, 11) is 10.8. The van der Waals surface area contributed by atoms with Gasteiger partial charge >= 0.3 is 0 Å². The number of aliphatic hydroxyl groups excluding tert-OH is 1. The summed E-state index contributed by atoms with van der Waals surface area (Å²) in [6, 6.07) is -11.4. The standard InChI is InChI=1S/C63H115N11O11/c1-26-28-29-41(15)54(76)53-58(80)66-45(27-2)60(82)68(19)34-50(75)70(21)47(31-36(5)6)57(79)67-51(39(11)12)62(84)72(23)48(32-37(7)8)56(78)64-42(16)55(77)65-43(17)59(81)73(24)49(33-38(9)10)61(83)71(22)46(30-35(3)4)44(18)69(20)52(40(13)14)63(85)74(53)25/h26,28,35-49,51-54,76H,27,29-34H2,1-25H3,(H,64,78)(H,65,77)(H,66,80)(H,67,79)/b28-26+/t41-,42-,43+,44?,45+,46+,47+,48-,49-,51-,52-,53-,54-/m1/s1. The molecule has 1 saturated heterocycles. The highest BCUT2D eigenvalue weighted by atomic mass is 16.3. The lowest BCUT2D eigenvalue weighted by Crippen LogP contribution is -2.64. The van der Waals surface area contributed by atoms with Gasteiger partial charge in [0.25, 0.3) is 0 Å². The predicted molar refractivity (Wildman–Crippen MR) is 333 cm³/mol. The van der Waals surface area contributed by atoms with Crippen molar-refractivity contribution < 1.29 is 53.1 Å². The number of hydrogen-bond acceptors (Lipinski definition) is 12. The van der Waals surface area contributed by atoms with E-state index in [4.69, 9.17) is 0 Å². The largest absolute Gasteiger partial charge is 0.390 e. The molecule has 1 aliphatic heterocycles. The first-order valence-electron chi connectivity index (χ1n) is 31.0. The van der Waals surface area contributed by atoms with Crippen molar-refractivity contribution in [2.24, 2.45) is 41.4 Å². The Bertz CT molecular complexity index is 2270. The Morgan fingerprint density at radius 1 is 0.494 bits per heavy atom. The van der Waals surface area contributed by atoms with Crippen LogP contribution in [0, 0.1) is 41.4 Å². The highest BCUT2D eigenvalue weighted by molar-refractivity contribution is 5.98. The number of amides is 10. The number of rotatable bonds is 15. The molecule has 5 N–H and O–H groups in total. The molecule has 0 radical (unpaired) electrons. The van der Waals surface area contributed by atoms with Crippen molar-refractivity contribution in [3.63, 3.8) is 0 Å². The quantitative estimate of drug-likeness (QED) is 0.145. The highest BCUT2D eigenvalue weighted by Crippen LogP contribution is 2.27. The molecule has 1 heterocycles. The number of likely N-dealkylation sites (N-methyl/N-ethyl adjacent to an activating group) is 7. The van der Waals surface area contributed by atoms with E-state index in [9.17, 15) is 43.5 Å². The summed E-state index contributed by atoms with van der Waals surface area (Å²) < 4.78 is 0. The van der Waals surface area contributed by atoms with Gasteiger partial charge in [0.15, 0.2) is 0 Å². The minimum Gasteiger partial charge on any atom is -0.390 e. The van der Waals surface area contributed by atoms with Crippen LogP contribution in [0.2, 0.25) is 0 Å². The Hall–Kier alpha value is -5.64. The van der Waals surface area contributed by atoms with Crippen molar-refractivity contribution in [2.45, 2.75) is 236 Å². The van der Waals surface area contributed by atoms with Crippen molar-refractivity contribution in [3.05, 3.63) is 12.2 Å². The first kappa shape index (κ1) is 77.4. The maximum atomic E-state index is 15.3. The summed E-state index contributed by atoms with van der Waals surface area (Å²) in [5, 5.41) is 23.3. The molecule has 22 nitrogen and oxygen atoms in total. The van der Waals surface area contributed by atoms with Gasteiger partial charge in [-0.2, -0.15) is 0 Å². The van der Waals surface area contributed by atoms with Crippen LogP contribution in [-0.4, -0.2) is 227 Å². The topological polar surface area (TPSA) is 262 Å². The maximum absolute atomic E-state index is 15.3. The molecule has 13 atom stereocenters. The normalized spacial score (nSPS) is 28.0. The van der Waals surface area contributed by atoms with Gasteiger partial charge in [-0.3, -0.25) is 52.8 Å². The molecule has 1 unspecified atom stereocenters. The zero-order chi connectivity index (χ0) is 66.0. The summed E-state index contributed by atoms with van der Waals surface area (Å²) in [5.41, 5.74) is 0. The molecule has 1 rings (SSSR count). The van der Waals surface area contributed by atoms with Gasteiger partial charge in [-0.1, -0.05) is 109 Å².